The van der Waals surface area contributed by atoms with Gasteiger partial charge < -0.3 is 10.2 Å². The summed E-state index contributed by atoms with van der Waals surface area (Å²) in [6.07, 6.45) is 1.48. The van der Waals surface area contributed by atoms with Gasteiger partial charge in [0, 0.05) is 12.1 Å². The Bertz CT molecular complexity index is 864. The van der Waals surface area contributed by atoms with E-state index in [1.807, 2.05) is 25.1 Å². The first-order valence-electron chi connectivity index (χ1n) is 8.08. The van der Waals surface area contributed by atoms with Crippen LogP contribution in [0, 0.1) is 5.82 Å². The van der Waals surface area contributed by atoms with Crippen molar-refractivity contribution in [3.05, 3.63) is 71.8 Å². The number of aromatic nitrogens is 4. The smallest absolute Gasteiger partial charge is 0.251 e. The molecule has 0 aliphatic rings. The standard InChI is InChI=1S/C18H19FN6O/c1-24(2)17(14-4-3-5-15(19)10-14)11-20-18(26)13-6-8-16(9-7-13)25-12-21-22-23-25/h3-10,12,17H,11H2,1-2H3,(H,20,26)/t17-/m0/s1. The van der Waals surface area contributed by atoms with Gasteiger partial charge in [0.05, 0.1) is 11.7 Å². The third-order valence-corrected chi connectivity index (χ3v) is 4.06. The number of nitrogens with zero attached hydrogens (tertiary/aromatic N) is 5. The number of hydrogen-bond donors (Lipinski definition) is 1. The van der Waals surface area contributed by atoms with Crippen molar-refractivity contribution in [1.82, 2.24) is 30.4 Å². The maximum Gasteiger partial charge on any atom is 0.251 e. The lowest BCUT2D eigenvalue weighted by Gasteiger charge is -2.25. The predicted octanol–water partition coefficient (Wildman–Crippen LogP) is 1.83. The lowest BCUT2D eigenvalue weighted by molar-refractivity contribution is 0.0942. The number of nitrogens with one attached hydrogen (secondary N) is 1. The zero-order valence-corrected chi connectivity index (χ0v) is 14.5. The number of benzene rings is 2. The van der Waals surface area contributed by atoms with Crippen LogP contribution in [0.5, 0.6) is 0 Å². The van der Waals surface area contributed by atoms with Crippen LogP contribution < -0.4 is 5.32 Å². The van der Waals surface area contributed by atoms with Gasteiger partial charge in [-0.05, 0) is 66.5 Å². The molecule has 1 aromatic heterocycles. The highest BCUT2D eigenvalue weighted by Gasteiger charge is 2.16. The minimum absolute atomic E-state index is 0.129. The SMILES string of the molecule is CN(C)[C@@H](CNC(=O)c1ccc(-n2cnnn2)cc1)c1cccc(F)c1. The summed E-state index contributed by atoms with van der Waals surface area (Å²) in [5.74, 6) is -0.490. The normalized spacial score (nSPS) is 12.2. The van der Waals surface area contributed by atoms with E-state index in [2.05, 4.69) is 20.8 Å². The highest BCUT2D eigenvalue weighted by atomic mass is 19.1. The summed E-state index contributed by atoms with van der Waals surface area (Å²) in [7, 11) is 3.78. The van der Waals surface area contributed by atoms with E-state index in [4.69, 9.17) is 0 Å². The quantitative estimate of drug-likeness (QED) is 0.731. The van der Waals surface area contributed by atoms with Crippen molar-refractivity contribution in [2.75, 3.05) is 20.6 Å². The molecule has 1 atom stereocenters. The second-order valence-electron chi connectivity index (χ2n) is 6.05. The Morgan fingerprint density at radius 2 is 2.00 bits per heavy atom. The average Bonchev–Trinajstić information content (AvgIpc) is 3.16. The number of carbonyl (C=O) groups is 1. The summed E-state index contributed by atoms with van der Waals surface area (Å²) >= 11 is 0. The van der Waals surface area contributed by atoms with E-state index in [9.17, 15) is 9.18 Å². The molecule has 0 fully saturated rings. The van der Waals surface area contributed by atoms with Crippen molar-refractivity contribution < 1.29 is 9.18 Å². The van der Waals surface area contributed by atoms with Crippen molar-refractivity contribution in [1.29, 1.82) is 0 Å². The van der Waals surface area contributed by atoms with Gasteiger partial charge in [-0.25, -0.2) is 9.07 Å². The lowest BCUT2D eigenvalue weighted by Crippen LogP contribution is -2.34. The van der Waals surface area contributed by atoms with Gasteiger partial charge in [-0.1, -0.05) is 12.1 Å². The fourth-order valence-electron chi connectivity index (χ4n) is 2.65. The van der Waals surface area contributed by atoms with E-state index in [-0.39, 0.29) is 17.8 Å². The second-order valence-corrected chi connectivity index (χ2v) is 6.05. The van der Waals surface area contributed by atoms with E-state index in [0.717, 1.165) is 11.3 Å². The third-order valence-electron chi connectivity index (χ3n) is 4.06. The Labute approximate surface area is 150 Å². The van der Waals surface area contributed by atoms with Gasteiger partial charge in [-0.3, -0.25) is 4.79 Å². The van der Waals surface area contributed by atoms with Crippen LogP contribution in [0.1, 0.15) is 22.0 Å². The van der Waals surface area contributed by atoms with Crippen molar-refractivity contribution in [3.8, 4) is 5.69 Å². The van der Waals surface area contributed by atoms with Gasteiger partial charge in [-0.15, -0.1) is 5.10 Å². The molecule has 7 nitrogen and oxygen atoms in total. The van der Waals surface area contributed by atoms with Gasteiger partial charge in [-0.2, -0.15) is 0 Å². The van der Waals surface area contributed by atoms with E-state index < -0.39 is 0 Å². The number of tetrazole rings is 1. The van der Waals surface area contributed by atoms with Crippen molar-refractivity contribution in [2.24, 2.45) is 0 Å². The van der Waals surface area contributed by atoms with Crippen LogP contribution in [-0.4, -0.2) is 51.7 Å². The molecular weight excluding hydrogens is 335 g/mol. The van der Waals surface area contributed by atoms with Crippen molar-refractivity contribution in [3.63, 3.8) is 0 Å². The first-order valence-corrected chi connectivity index (χ1v) is 8.08. The van der Waals surface area contributed by atoms with E-state index >= 15 is 0 Å². The van der Waals surface area contributed by atoms with Crippen LogP contribution in [0.25, 0.3) is 5.69 Å². The minimum atomic E-state index is -0.293. The molecule has 0 radical (unpaired) electrons. The summed E-state index contributed by atoms with van der Waals surface area (Å²) in [6.45, 7) is 0.365. The third kappa shape index (κ3) is 4.09. The molecule has 0 saturated carbocycles. The molecule has 2 aromatic carbocycles. The van der Waals surface area contributed by atoms with Crippen LogP contribution in [-0.2, 0) is 0 Å². The molecule has 26 heavy (non-hydrogen) atoms. The highest BCUT2D eigenvalue weighted by Crippen LogP contribution is 2.18. The average molecular weight is 354 g/mol. The molecular formula is C18H19FN6O. The predicted molar refractivity (Wildman–Crippen MR) is 94.3 cm³/mol. The Hall–Kier alpha value is -3.13. The number of halogens is 1. The highest BCUT2D eigenvalue weighted by molar-refractivity contribution is 5.94. The number of likely N-dealkylation sites (N-methyl/N-ethyl adjacent to an activating group) is 1. The van der Waals surface area contributed by atoms with Crippen molar-refractivity contribution >= 4 is 5.91 Å². The van der Waals surface area contributed by atoms with Gasteiger partial charge in [0.15, 0.2) is 0 Å². The number of hydrogen-bond acceptors (Lipinski definition) is 5. The Morgan fingerprint density at radius 3 is 2.62 bits per heavy atom. The van der Waals surface area contributed by atoms with Crippen LogP contribution in [0.4, 0.5) is 4.39 Å². The molecule has 0 aliphatic heterocycles. The second kappa shape index (κ2) is 7.83. The summed E-state index contributed by atoms with van der Waals surface area (Å²) in [5.41, 5.74) is 2.10. The van der Waals surface area contributed by atoms with Crippen LogP contribution in [0.2, 0.25) is 0 Å². The number of carbonyl (C=O) groups excluding carboxylic acids is 1. The van der Waals surface area contributed by atoms with E-state index in [1.165, 1.54) is 23.1 Å². The van der Waals surface area contributed by atoms with Gasteiger partial charge in [0.2, 0.25) is 0 Å². The lowest BCUT2D eigenvalue weighted by atomic mass is 10.1. The zero-order chi connectivity index (χ0) is 18.5. The van der Waals surface area contributed by atoms with Gasteiger partial charge in [0.1, 0.15) is 12.1 Å². The summed E-state index contributed by atoms with van der Waals surface area (Å²) in [4.78, 5) is 14.4. The largest absolute Gasteiger partial charge is 0.350 e. The molecule has 134 valence electrons. The summed E-state index contributed by atoms with van der Waals surface area (Å²) < 4.78 is 15.0. The minimum Gasteiger partial charge on any atom is -0.350 e. The summed E-state index contributed by atoms with van der Waals surface area (Å²) in [5, 5.41) is 13.9. The first-order chi connectivity index (χ1) is 12.5. The van der Waals surface area contributed by atoms with Crippen LogP contribution >= 0.6 is 0 Å². The van der Waals surface area contributed by atoms with Crippen LogP contribution in [0.15, 0.2) is 54.9 Å². The molecule has 3 aromatic rings. The Balaban J connectivity index is 1.67. The maximum atomic E-state index is 13.5. The molecule has 1 N–H and O–H groups in total. The Morgan fingerprint density at radius 1 is 1.23 bits per heavy atom. The fourth-order valence-corrected chi connectivity index (χ4v) is 2.65. The van der Waals surface area contributed by atoms with Gasteiger partial charge >= 0.3 is 0 Å². The molecule has 0 bridgehead atoms. The van der Waals surface area contributed by atoms with Gasteiger partial charge in [0.25, 0.3) is 5.91 Å². The molecule has 1 amide bonds. The number of amides is 1. The molecule has 8 heteroatoms. The monoisotopic (exact) mass is 354 g/mol. The summed E-state index contributed by atoms with van der Waals surface area (Å²) in [6, 6.07) is 13.2. The molecule has 0 unspecified atom stereocenters. The van der Waals surface area contributed by atoms with E-state index in [0.29, 0.717) is 12.1 Å². The maximum absolute atomic E-state index is 13.5. The van der Waals surface area contributed by atoms with Crippen LogP contribution in [0.3, 0.4) is 0 Å². The Kier molecular flexibility index (Phi) is 5.33. The molecule has 3 rings (SSSR count). The molecule has 0 spiro atoms. The fraction of sp³-hybridized carbons (Fsp3) is 0.222. The first kappa shape index (κ1) is 17.7. The molecule has 0 saturated heterocycles. The molecule has 1 heterocycles. The zero-order valence-electron chi connectivity index (χ0n) is 14.5. The van der Waals surface area contributed by atoms with Crippen molar-refractivity contribution in [2.45, 2.75) is 6.04 Å². The van der Waals surface area contributed by atoms with E-state index in [1.54, 1.807) is 30.3 Å². The molecule has 0 aliphatic carbocycles. The number of rotatable bonds is 6. The topological polar surface area (TPSA) is 75.9 Å².